The molecule has 0 aliphatic heterocycles. The van der Waals surface area contributed by atoms with E-state index in [0.29, 0.717) is 16.7 Å². The monoisotopic (exact) mass is 293 g/mol. The first-order valence-electron chi connectivity index (χ1n) is 6.00. The normalized spacial score (nSPS) is 11.1. The molecule has 4 nitrogen and oxygen atoms in total. The Balaban J connectivity index is 0.00000161. The van der Waals surface area contributed by atoms with Gasteiger partial charge in [-0.3, -0.25) is 0 Å². The van der Waals surface area contributed by atoms with E-state index in [1.165, 1.54) is 0 Å². The summed E-state index contributed by atoms with van der Waals surface area (Å²) in [6.45, 7) is 0. The summed E-state index contributed by atoms with van der Waals surface area (Å²) in [7, 11) is -2.05. The van der Waals surface area contributed by atoms with Crippen molar-refractivity contribution in [2.24, 2.45) is 0 Å². The average molecular weight is 293 g/mol. The fourth-order valence-electron chi connectivity index (χ4n) is 2.07. The number of benzene rings is 2. The minimum absolute atomic E-state index is 0. The van der Waals surface area contributed by atoms with Crippen molar-refractivity contribution in [1.29, 1.82) is 0 Å². The van der Waals surface area contributed by atoms with Gasteiger partial charge in [0.1, 0.15) is 5.75 Å². The Hall–Kier alpha value is -1.67. The average Bonchev–Trinajstić information content (AvgIpc) is 2.91. The van der Waals surface area contributed by atoms with Gasteiger partial charge >= 0.3 is 18.9 Å². The smallest absolute Gasteiger partial charge is 0.498 e. The number of aromatic amines is 1. The molecule has 0 bridgehead atoms. The van der Waals surface area contributed by atoms with Crippen LogP contribution in [-0.4, -0.2) is 20.5 Å². The Morgan fingerprint density at radius 2 is 1.81 bits per heavy atom. The molecule has 21 heavy (non-hydrogen) atoms. The quantitative estimate of drug-likeness (QED) is 0.538. The number of aromatic nitrogens is 1. The van der Waals surface area contributed by atoms with Crippen molar-refractivity contribution >= 4 is 20.7 Å². The number of ether oxygens (including phenoxy) is 1. The number of hydrogen-bond donors (Lipinski definition) is 1. The van der Waals surface area contributed by atoms with E-state index in [4.69, 9.17) is 4.74 Å². The first-order chi connectivity index (χ1) is 9.63. The molecule has 1 heterocycles. The van der Waals surface area contributed by atoms with Crippen molar-refractivity contribution in [3.63, 3.8) is 0 Å². The van der Waals surface area contributed by atoms with Crippen molar-refractivity contribution in [3.8, 4) is 5.75 Å². The predicted octanol–water partition coefficient (Wildman–Crippen LogP) is -0.187. The van der Waals surface area contributed by atoms with E-state index >= 15 is 0 Å². The topological polar surface area (TPSA) is 59.2 Å². The molecule has 0 atom stereocenters. The minimum Gasteiger partial charge on any atom is -0.498 e. The Morgan fingerprint density at radius 1 is 1.10 bits per heavy atom. The van der Waals surface area contributed by atoms with Gasteiger partial charge in [0, 0.05) is 0 Å². The Morgan fingerprint density at radius 3 is 2.48 bits per heavy atom. The molecule has 0 radical (unpaired) electrons. The molecule has 0 amide bonds. The van der Waals surface area contributed by atoms with Gasteiger partial charge in [-0.1, -0.05) is 30.5 Å². The van der Waals surface area contributed by atoms with Crippen LogP contribution in [0.15, 0.2) is 58.3 Å². The Labute approximate surface area is 135 Å². The van der Waals surface area contributed by atoms with E-state index in [2.05, 4.69) is 11.2 Å². The van der Waals surface area contributed by atoms with Gasteiger partial charge in [0.05, 0.1) is 12.0 Å². The maximum Gasteiger partial charge on any atom is 1.00 e. The standard InChI is InChI=1S/C15H12NO3S.Li/c1-19-11-7-8-14-13(9-11)15(10-16-14)20(17,18)12-5-3-2-4-6-12;/h2-9,16H,1H3;/q-1;+1. The molecule has 1 aromatic heterocycles. The van der Waals surface area contributed by atoms with E-state index in [1.807, 2.05) is 0 Å². The van der Waals surface area contributed by atoms with E-state index < -0.39 is 9.84 Å². The fourth-order valence-corrected chi connectivity index (χ4v) is 3.46. The zero-order valence-electron chi connectivity index (χ0n) is 11.8. The molecule has 2 aromatic carbocycles. The largest absolute Gasteiger partial charge is 1.00 e. The number of hydrogen-bond acceptors (Lipinski definition) is 3. The number of fused-ring (bicyclic) bond motifs is 1. The zero-order chi connectivity index (χ0) is 14.2. The van der Waals surface area contributed by atoms with Crippen molar-refractivity contribution in [2.75, 3.05) is 7.11 Å². The van der Waals surface area contributed by atoms with Crippen LogP contribution in [0.4, 0.5) is 0 Å². The molecule has 0 aliphatic carbocycles. The molecule has 102 valence electrons. The number of H-pyrrole nitrogens is 1. The molecule has 3 aromatic rings. The summed E-state index contributed by atoms with van der Waals surface area (Å²) < 4.78 is 30.4. The molecule has 0 fully saturated rings. The van der Waals surface area contributed by atoms with E-state index in [1.54, 1.807) is 55.6 Å². The second kappa shape index (κ2) is 5.98. The maximum absolute atomic E-state index is 12.6. The molecule has 0 saturated heterocycles. The number of sulfone groups is 1. The van der Waals surface area contributed by atoms with Gasteiger partial charge in [-0.15, -0.1) is 17.0 Å². The summed E-state index contributed by atoms with van der Waals surface area (Å²) in [6, 6.07) is 13.5. The van der Waals surface area contributed by atoms with Crippen LogP contribution in [0.2, 0.25) is 0 Å². The third-order valence-electron chi connectivity index (χ3n) is 3.10. The van der Waals surface area contributed by atoms with Gasteiger partial charge in [0.15, 0.2) is 9.84 Å². The molecular formula is C15H12LiNO3S. The van der Waals surface area contributed by atoms with Gasteiger partial charge < -0.3 is 9.72 Å². The van der Waals surface area contributed by atoms with Crippen molar-refractivity contribution < 1.29 is 32.0 Å². The SMILES string of the molecule is COc1ccc2[nH][c-]c(S(=O)(=O)c3ccccc3)c2c1.[Li+]. The maximum atomic E-state index is 12.6. The van der Waals surface area contributed by atoms with E-state index in [9.17, 15) is 8.42 Å². The van der Waals surface area contributed by atoms with Gasteiger partial charge in [0.2, 0.25) is 0 Å². The second-order valence-corrected chi connectivity index (χ2v) is 6.19. The molecule has 0 unspecified atom stereocenters. The molecule has 6 heteroatoms. The van der Waals surface area contributed by atoms with Crippen LogP contribution in [0, 0.1) is 6.20 Å². The van der Waals surface area contributed by atoms with Crippen molar-refractivity contribution in [3.05, 3.63) is 54.7 Å². The summed E-state index contributed by atoms with van der Waals surface area (Å²) in [5.74, 6) is 0.606. The third kappa shape index (κ3) is 2.73. The number of nitrogens with one attached hydrogen (secondary N) is 1. The van der Waals surface area contributed by atoms with Gasteiger partial charge in [-0.05, 0) is 23.1 Å². The van der Waals surface area contributed by atoms with Gasteiger partial charge in [-0.25, -0.2) is 8.42 Å². The summed E-state index contributed by atoms with van der Waals surface area (Å²) in [5.41, 5.74) is 0.709. The van der Waals surface area contributed by atoms with Crippen LogP contribution in [0.25, 0.3) is 10.9 Å². The number of rotatable bonds is 3. The summed E-state index contributed by atoms with van der Waals surface area (Å²) in [6.07, 6.45) is 2.74. The fraction of sp³-hybridized carbons (Fsp3) is 0.0667. The van der Waals surface area contributed by atoms with Gasteiger partial charge in [-0.2, -0.15) is 0 Å². The van der Waals surface area contributed by atoms with Crippen molar-refractivity contribution in [2.45, 2.75) is 9.79 Å². The van der Waals surface area contributed by atoms with Crippen LogP contribution < -0.4 is 23.6 Å². The minimum atomic E-state index is -3.59. The predicted molar refractivity (Wildman–Crippen MR) is 75.6 cm³/mol. The van der Waals surface area contributed by atoms with E-state index in [0.717, 1.165) is 0 Å². The third-order valence-corrected chi connectivity index (χ3v) is 4.86. The first kappa shape index (κ1) is 15.7. The van der Waals surface area contributed by atoms with Gasteiger partial charge in [0.25, 0.3) is 0 Å². The molecule has 0 spiro atoms. The van der Waals surface area contributed by atoms with Crippen LogP contribution in [0.5, 0.6) is 5.75 Å². The molecule has 0 saturated carbocycles. The molecule has 3 rings (SSSR count). The first-order valence-corrected chi connectivity index (χ1v) is 7.49. The second-order valence-electron chi connectivity index (χ2n) is 4.31. The summed E-state index contributed by atoms with van der Waals surface area (Å²) in [5, 5.41) is 0.577. The summed E-state index contributed by atoms with van der Waals surface area (Å²) >= 11 is 0. The van der Waals surface area contributed by atoms with Crippen LogP contribution in [-0.2, 0) is 9.84 Å². The Kier molecular flexibility index (Phi) is 4.48. The summed E-state index contributed by atoms with van der Waals surface area (Å²) in [4.78, 5) is 3.24. The van der Waals surface area contributed by atoms with Crippen LogP contribution in [0.1, 0.15) is 0 Å². The number of methoxy groups -OCH3 is 1. The molecule has 0 aliphatic rings. The Bertz CT molecular complexity index is 857. The zero-order valence-corrected chi connectivity index (χ0v) is 12.6. The van der Waals surface area contributed by atoms with Crippen molar-refractivity contribution in [1.82, 2.24) is 4.98 Å². The molecular weight excluding hydrogens is 281 g/mol. The van der Waals surface area contributed by atoms with Crippen LogP contribution >= 0.6 is 0 Å². The van der Waals surface area contributed by atoms with Crippen LogP contribution in [0.3, 0.4) is 0 Å². The molecule has 1 N–H and O–H groups in total. The van der Waals surface area contributed by atoms with E-state index in [-0.39, 0.29) is 28.7 Å².